The van der Waals surface area contributed by atoms with Crippen LogP contribution in [0.4, 0.5) is 4.39 Å². The molecule has 17 heavy (non-hydrogen) atoms. The molecular weight excluding hydrogens is 215 g/mol. The molecule has 1 aromatic rings. The normalized spacial score (nSPS) is 13.0. The molecule has 0 radical (unpaired) electrons. The zero-order valence-electron chi connectivity index (χ0n) is 11.0. The third-order valence-corrected chi connectivity index (χ3v) is 2.69. The van der Waals surface area contributed by atoms with Gasteiger partial charge in [-0.2, -0.15) is 0 Å². The van der Waals surface area contributed by atoms with Crippen LogP contribution in [0.3, 0.4) is 0 Å². The maximum atomic E-state index is 12.7. The van der Waals surface area contributed by atoms with E-state index in [1.165, 1.54) is 12.1 Å². The van der Waals surface area contributed by atoms with Gasteiger partial charge in [0.25, 0.3) is 0 Å². The summed E-state index contributed by atoms with van der Waals surface area (Å²) in [5.41, 5.74) is 1.15. The average Bonchev–Trinajstić information content (AvgIpc) is 2.29. The summed E-state index contributed by atoms with van der Waals surface area (Å²) in [4.78, 5) is 2.25. The Bertz CT molecular complexity index is 311. The fourth-order valence-electron chi connectivity index (χ4n) is 1.89. The highest BCUT2D eigenvalue weighted by molar-refractivity contribution is 5.15. The van der Waals surface area contributed by atoms with Crippen LogP contribution in [-0.4, -0.2) is 31.1 Å². The van der Waals surface area contributed by atoms with Crippen LogP contribution in [-0.2, 0) is 6.54 Å². The van der Waals surface area contributed by atoms with Crippen molar-refractivity contribution in [1.82, 2.24) is 10.2 Å². The second-order valence-electron chi connectivity index (χ2n) is 4.68. The van der Waals surface area contributed by atoms with Gasteiger partial charge in [0.1, 0.15) is 5.82 Å². The van der Waals surface area contributed by atoms with Gasteiger partial charge in [-0.15, -0.1) is 0 Å². The smallest absolute Gasteiger partial charge is 0.123 e. The molecule has 96 valence electrons. The highest BCUT2D eigenvalue weighted by atomic mass is 19.1. The molecule has 0 amide bonds. The van der Waals surface area contributed by atoms with Crippen molar-refractivity contribution in [1.29, 1.82) is 0 Å². The Morgan fingerprint density at radius 3 is 2.53 bits per heavy atom. The molecule has 1 rings (SSSR count). The first-order valence-electron chi connectivity index (χ1n) is 6.28. The summed E-state index contributed by atoms with van der Waals surface area (Å²) in [5.74, 6) is -0.172. The molecule has 0 heterocycles. The van der Waals surface area contributed by atoms with E-state index in [2.05, 4.69) is 31.1 Å². The Morgan fingerprint density at radius 2 is 1.94 bits per heavy atom. The Morgan fingerprint density at radius 1 is 1.29 bits per heavy atom. The molecule has 0 aliphatic rings. The third kappa shape index (κ3) is 5.80. The van der Waals surface area contributed by atoms with E-state index in [9.17, 15) is 4.39 Å². The van der Waals surface area contributed by atoms with Crippen molar-refractivity contribution in [3.8, 4) is 0 Å². The minimum atomic E-state index is -0.172. The van der Waals surface area contributed by atoms with Crippen LogP contribution >= 0.6 is 0 Å². The van der Waals surface area contributed by atoms with Crippen LogP contribution in [0.25, 0.3) is 0 Å². The average molecular weight is 238 g/mol. The number of nitrogens with zero attached hydrogens (tertiary/aromatic N) is 1. The highest BCUT2D eigenvalue weighted by Gasteiger charge is 2.06. The topological polar surface area (TPSA) is 15.3 Å². The van der Waals surface area contributed by atoms with Crippen LogP contribution in [0, 0.1) is 5.82 Å². The van der Waals surface area contributed by atoms with Gasteiger partial charge < -0.3 is 10.2 Å². The molecule has 0 bridgehead atoms. The molecule has 1 atom stereocenters. The quantitative estimate of drug-likeness (QED) is 0.785. The number of halogens is 1. The van der Waals surface area contributed by atoms with E-state index < -0.39 is 0 Å². The molecule has 0 spiro atoms. The molecule has 0 saturated heterocycles. The number of hydrogen-bond acceptors (Lipinski definition) is 2. The molecule has 2 nitrogen and oxygen atoms in total. The minimum absolute atomic E-state index is 0.172. The van der Waals surface area contributed by atoms with Gasteiger partial charge in [-0.25, -0.2) is 4.39 Å². The zero-order chi connectivity index (χ0) is 12.7. The molecular formula is C14H23FN2. The summed E-state index contributed by atoms with van der Waals surface area (Å²) in [5, 5.41) is 3.46. The van der Waals surface area contributed by atoms with Crippen molar-refractivity contribution in [3.05, 3.63) is 35.6 Å². The van der Waals surface area contributed by atoms with E-state index in [1.807, 2.05) is 12.1 Å². The lowest BCUT2D eigenvalue weighted by molar-refractivity contribution is 0.289. The molecule has 0 aliphatic carbocycles. The summed E-state index contributed by atoms with van der Waals surface area (Å²) < 4.78 is 12.7. The van der Waals surface area contributed by atoms with Crippen molar-refractivity contribution < 1.29 is 4.39 Å². The van der Waals surface area contributed by atoms with E-state index in [1.54, 1.807) is 0 Å². The van der Waals surface area contributed by atoms with Gasteiger partial charge in [0.15, 0.2) is 0 Å². The SMILES string of the molecule is CCCNC(C)CN(C)Cc1ccc(F)cc1. The lowest BCUT2D eigenvalue weighted by atomic mass is 10.2. The van der Waals surface area contributed by atoms with Crippen LogP contribution in [0.1, 0.15) is 25.8 Å². The Hall–Kier alpha value is -0.930. The third-order valence-electron chi connectivity index (χ3n) is 2.69. The summed E-state index contributed by atoms with van der Waals surface area (Å²) in [7, 11) is 2.09. The highest BCUT2D eigenvalue weighted by Crippen LogP contribution is 2.05. The predicted molar refractivity (Wildman–Crippen MR) is 70.5 cm³/mol. The van der Waals surface area contributed by atoms with Crippen molar-refractivity contribution in [2.45, 2.75) is 32.9 Å². The van der Waals surface area contributed by atoms with E-state index in [-0.39, 0.29) is 5.82 Å². The van der Waals surface area contributed by atoms with Gasteiger partial charge in [-0.3, -0.25) is 0 Å². The van der Waals surface area contributed by atoms with E-state index in [0.717, 1.165) is 31.6 Å². The Kier molecular flexibility index (Phi) is 6.16. The van der Waals surface area contributed by atoms with E-state index in [4.69, 9.17) is 0 Å². The molecule has 0 fully saturated rings. The van der Waals surface area contributed by atoms with E-state index in [0.29, 0.717) is 6.04 Å². The number of benzene rings is 1. The minimum Gasteiger partial charge on any atom is -0.313 e. The molecule has 0 saturated carbocycles. The van der Waals surface area contributed by atoms with Gasteiger partial charge in [-0.1, -0.05) is 19.1 Å². The molecule has 3 heteroatoms. The van der Waals surface area contributed by atoms with Crippen LogP contribution < -0.4 is 5.32 Å². The van der Waals surface area contributed by atoms with Gasteiger partial charge >= 0.3 is 0 Å². The molecule has 1 aromatic carbocycles. The number of likely N-dealkylation sites (N-methyl/N-ethyl adjacent to an activating group) is 1. The standard InChI is InChI=1S/C14H23FN2/c1-4-9-16-12(2)10-17(3)11-13-5-7-14(15)8-6-13/h5-8,12,16H,4,9-11H2,1-3H3. The van der Waals surface area contributed by atoms with Gasteiger partial charge in [0, 0.05) is 19.1 Å². The first kappa shape index (κ1) is 14.1. The second-order valence-corrected chi connectivity index (χ2v) is 4.68. The summed E-state index contributed by atoms with van der Waals surface area (Å²) in [6, 6.07) is 7.20. The number of hydrogen-bond donors (Lipinski definition) is 1. The van der Waals surface area contributed by atoms with Crippen LogP contribution in [0.5, 0.6) is 0 Å². The van der Waals surface area contributed by atoms with Gasteiger partial charge in [-0.05, 0) is 44.6 Å². The number of rotatable bonds is 7. The fourth-order valence-corrected chi connectivity index (χ4v) is 1.89. The second kappa shape index (κ2) is 7.41. The molecule has 0 aliphatic heterocycles. The van der Waals surface area contributed by atoms with Crippen molar-refractivity contribution >= 4 is 0 Å². The maximum Gasteiger partial charge on any atom is 0.123 e. The molecule has 1 N–H and O–H groups in total. The van der Waals surface area contributed by atoms with Crippen molar-refractivity contribution in [2.24, 2.45) is 0 Å². The fraction of sp³-hybridized carbons (Fsp3) is 0.571. The monoisotopic (exact) mass is 238 g/mol. The summed E-state index contributed by atoms with van der Waals surface area (Å²) >= 11 is 0. The van der Waals surface area contributed by atoms with Crippen molar-refractivity contribution in [2.75, 3.05) is 20.1 Å². The first-order valence-corrected chi connectivity index (χ1v) is 6.28. The Labute approximate surface area is 104 Å². The van der Waals surface area contributed by atoms with Crippen LogP contribution in [0.2, 0.25) is 0 Å². The van der Waals surface area contributed by atoms with Gasteiger partial charge in [0.2, 0.25) is 0 Å². The van der Waals surface area contributed by atoms with E-state index >= 15 is 0 Å². The lowest BCUT2D eigenvalue weighted by Gasteiger charge is -2.22. The van der Waals surface area contributed by atoms with Crippen LogP contribution in [0.15, 0.2) is 24.3 Å². The van der Waals surface area contributed by atoms with Gasteiger partial charge in [0.05, 0.1) is 0 Å². The summed E-state index contributed by atoms with van der Waals surface area (Å²) in [6.45, 7) is 7.28. The molecule has 0 aromatic heterocycles. The number of nitrogens with one attached hydrogen (secondary N) is 1. The lowest BCUT2D eigenvalue weighted by Crippen LogP contribution is -2.37. The molecule has 1 unspecified atom stereocenters. The first-order chi connectivity index (χ1) is 8.11. The summed E-state index contributed by atoms with van der Waals surface area (Å²) in [6.07, 6.45) is 1.16. The predicted octanol–water partition coefficient (Wildman–Crippen LogP) is 2.65. The zero-order valence-corrected chi connectivity index (χ0v) is 11.0. The Balaban J connectivity index is 2.33. The van der Waals surface area contributed by atoms with Crippen molar-refractivity contribution in [3.63, 3.8) is 0 Å². The largest absolute Gasteiger partial charge is 0.313 e. The maximum absolute atomic E-state index is 12.7.